The van der Waals surface area contributed by atoms with Gasteiger partial charge in [-0.25, -0.2) is 4.79 Å². The molecule has 2 N–H and O–H groups in total. The van der Waals surface area contributed by atoms with Crippen LogP contribution in [0.3, 0.4) is 0 Å². The third-order valence-electron chi connectivity index (χ3n) is 5.00. The standard InChI is InChI=1S/C24H35NO4Si/c1-19(2)25-23(27)28-17-16-20(26)18-29-30(24(3,4)5,21-12-8-6-9-13-21)22-14-10-7-11-15-22/h6-15,19-20,26H,16-18H2,1-5H3,(H,25,27)/t20-/m1/s1. The van der Waals surface area contributed by atoms with Crippen molar-refractivity contribution in [3.8, 4) is 0 Å². The molecule has 2 aromatic carbocycles. The summed E-state index contributed by atoms with van der Waals surface area (Å²) in [5.41, 5.74) is 0. The second-order valence-corrected chi connectivity index (χ2v) is 13.2. The zero-order valence-corrected chi connectivity index (χ0v) is 19.7. The van der Waals surface area contributed by atoms with E-state index in [4.69, 9.17) is 9.16 Å². The average Bonchev–Trinajstić information content (AvgIpc) is 2.68. The molecule has 164 valence electrons. The molecule has 0 radical (unpaired) electrons. The summed E-state index contributed by atoms with van der Waals surface area (Å²) in [7, 11) is -2.68. The SMILES string of the molecule is CC(C)NC(=O)OCC[C@@H](O)CO[Si](c1ccccc1)(c1ccccc1)C(C)(C)C. The summed E-state index contributed by atoms with van der Waals surface area (Å²) in [6.45, 7) is 10.7. The molecular formula is C24H35NO4Si. The third-order valence-corrected chi connectivity index (χ3v) is 10.0. The largest absolute Gasteiger partial charge is 0.449 e. The summed E-state index contributed by atoms with van der Waals surface area (Å²) >= 11 is 0. The normalized spacial score (nSPS) is 13.2. The molecule has 0 saturated heterocycles. The van der Waals surface area contributed by atoms with Crippen molar-refractivity contribution < 1.29 is 19.1 Å². The van der Waals surface area contributed by atoms with Crippen LogP contribution in [0.1, 0.15) is 41.0 Å². The molecule has 5 nitrogen and oxygen atoms in total. The highest BCUT2D eigenvalue weighted by molar-refractivity contribution is 6.99. The maximum absolute atomic E-state index is 11.6. The van der Waals surface area contributed by atoms with Crippen LogP contribution in [0.2, 0.25) is 5.04 Å². The molecule has 0 fully saturated rings. The van der Waals surface area contributed by atoms with Crippen molar-refractivity contribution in [3.63, 3.8) is 0 Å². The quantitative estimate of drug-likeness (QED) is 0.599. The number of nitrogens with one attached hydrogen (secondary N) is 1. The Kier molecular flexibility index (Phi) is 8.64. The fraction of sp³-hybridized carbons (Fsp3) is 0.458. The number of hydrogen-bond donors (Lipinski definition) is 2. The van der Waals surface area contributed by atoms with E-state index in [1.165, 1.54) is 10.4 Å². The minimum absolute atomic E-state index is 0.0147. The number of rotatable bonds is 9. The first kappa shape index (κ1) is 24.1. The highest BCUT2D eigenvalue weighted by Gasteiger charge is 2.50. The van der Waals surface area contributed by atoms with Crippen molar-refractivity contribution in [1.29, 1.82) is 0 Å². The molecular weight excluding hydrogens is 394 g/mol. The molecule has 0 aliphatic rings. The van der Waals surface area contributed by atoms with E-state index in [9.17, 15) is 9.90 Å². The minimum atomic E-state index is -2.68. The van der Waals surface area contributed by atoms with Gasteiger partial charge >= 0.3 is 6.09 Å². The van der Waals surface area contributed by atoms with E-state index in [0.29, 0.717) is 6.42 Å². The summed E-state index contributed by atoms with van der Waals surface area (Å²) in [6, 6.07) is 20.6. The number of hydrogen-bond acceptors (Lipinski definition) is 4. The molecule has 0 heterocycles. The van der Waals surface area contributed by atoms with Gasteiger partial charge in [0.1, 0.15) is 0 Å². The molecule has 2 rings (SSSR count). The molecule has 1 amide bonds. The summed E-state index contributed by atoms with van der Waals surface area (Å²) < 4.78 is 11.8. The van der Waals surface area contributed by atoms with Crippen LogP contribution in [0.5, 0.6) is 0 Å². The summed E-state index contributed by atoms with van der Waals surface area (Å²) in [5, 5.41) is 15.4. The third kappa shape index (κ3) is 6.17. The van der Waals surface area contributed by atoms with E-state index in [0.717, 1.165) is 0 Å². The molecule has 0 bridgehead atoms. The van der Waals surface area contributed by atoms with Gasteiger partial charge in [0.2, 0.25) is 0 Å². The Hall–Kier alpha value is -2.15. The van der Waals surface area contributed by atoms with E-state index < -0.39 is 20.5 Å². The fourth-order valence-corrected chi connectivity index (χ4v) is 8.23. The lowest BCUT2D eigenvalue weighted by atomic mass is 10.2. The Bertz CT molecular complexity index is 735. The molecule has 6 heteroatoms. The minimum Gasteiger partial charge on any atom is -0.449 e. The Balaban J connectivity index is 2.18. The number of benzene rings is 2. The van der Waals surface area contributed by atoms with E-state index in [1.54, 1.807) is 0 Å². The molecule has 1 atom stereocenters. The van der Waals surface area contributed by atoms with Gasteiger partial charge in [0.25, 0.3) is 8.32 Å². The van der Waals surface area contributed by atoms with Crippen LogP contribution in [0.25, 0.3) is 0 Å². The van der Waals surface area contributed by atoms with Crippen LogP contribution in [-0.4, -0.2) is 44.9 Å². The summed E-state index contributed by atoms with van der Waals surface area (Å²) in [5.74, 6) is 0. The lowest BCUT2D eigenvalue weighted by molar-refractivity contribution is 0.0686. The van der Waals surface area contributed by atoms with Crippen LogP contribution in [0.4, 0.5) is 4.79 Å². The van der Waals surface area contributed by atoms with Gasteiger partial charge in [-0.3, -0.25) is 0 Å². The lowest BCUT2D eigenvalue weighted by Crippen LogP contribution is -2.67. The first-order valence-corrected chi connectivity index (χ1v) is 12.4. The van der Waals surface area contributed by atoms with Crippen LogP contribution in [-0.2, 0) is 9.16 Å². The Morgan fingerprint density at radius 1 is 1.00 bits per heavy atom. The van der Waals surface area contributed by atoms with Gasteiger partial charge in [0.05, 0.1) is 19.3 Å². The smallest absolute Gasteiger partial charge is 0.407 e. The van der Waals surface area contributed by atoms with Gasteiger partial charge in [-0.15, -0.1) is 0 Å². The number of aliphatic hydroxyl groups excluding tert-OH is 1. The van der Waals surface area contributed by atoms with Crippen molar-refractivity contribution in [2.24, 2.45) is 0 Å². The van der Waals surface area contributed by atoms with Gasteiger partial charge in [0, 0.05) is 12.5 Å². The van der Waals surface area contributed by atoms with E-state index in [-0.39, 0.29) is 24.3 Å². The molecule has 2 aromatic rings. The zero-order valence-electron chi connectivity index (χ0n) is 18.7. The predicted octanol–water partition coefficient (Wildman–Crippen LogP) is 3.45. The topological polar surface area (TPSA) is 67.8 Å². The van der Waals surface area contributed by atoms with E-state index in [1.807, 2.05) is 50.2 Å². The van der Waals surface area contributed by atoms with E-state index in [2.05, 4.69) is 50.4 Å². The molecule has 0 unspecified atom stereocenters. The fourth-order valence-electron chi connectivity index (χ4n) is 3.63. The average molecular weight is 430 g/mol. The van der Waals surface area contributed by atoms with Crippen LogP contribution in [0, 0.1) is 0 Å². The number of aliphatic hydroxyl groups is 1. The zero-order chi connectivity index (χ0) is 22.2. The number of ether oxygens (including phenoxy) is 1. The first-order valence-electron chi connectivity index (χ1n) is 10.5. The monoisotopic (exact) mass is 429 g/mol. The molecule has 0 spiro atoms. The maximum atomic E-state index is 11.6. The van der Waals surface area contributed by atoms with Gasteiger partial charge in [-0.05, 0) is 29.3 Å². The van der Waals surface area contributed by atoms with Crippen molar-refractivity contribution in [2.75, 3.05) is 13.2 Å². The lowest BCUT2D eigenvalue weighted by Gasteiger charge is -2.43. The molecule has 0 aliphatic heterocycles. The van der Waals surface area contributed by atoms with Crippen molar-refractivity contribution in [2.45, 2.75) is 58.2 Å². The van der Waals surface area contributed by atoms with Crippen LogP contribution in [0.15, 0.2) is 60.7 Å². The van der Waals surface area contributed by atoms with Gasteiger partial charge in [-0.2, -0.15) is 0 Å². The highest BCUT2D eigenvalue weighted by atomic mass is 28.4. The van der Waals surface area contributed by atoms with Crippen molar-refractivity contribution in [3.05, 3.63) is 60.7 Å². The summed E-state index contributed by atoms with van der Waals surface area (Å²) in [6.07, 6.45) is -0.868. The maximum Gasteiger partial charge on any atom is 0.407 e. The molecule has 0 aromatic heterocycles. The number of alkyl carbamates (subject to hydrolysis) is 1. The Morgan fingerprint density at radius 2 is 1.50 bits per heavy atom. The second kappa shape index (κ2) is 10.7. The van der Waals surface area contributed by atoms with Crippen LogP contribution >= 0.6 is 0 Å². The summed E-state index contributed by atoms with van der Waals surface area (Å²) in [4.78, 5) is 11.6. The van der Waals surface area contributed by atoms with Crippen molar-refractivity contribution in [1.82, 2.24) is 5.32 Å². The van der Waals surface area contributed by atoms with Crippen LogP contribution < -0.4 is 15.7 Å². The molecule has 0 aliphatic carbocycles. The first-order chi connectivity index (χ1) is 14.2. The second-order valence-electron chi connectivity index (χ2n) is 8.85. The molecule has 0 saturated carbocycles. The van der Waals surface area contributed by atoms with E-state index >= 15 is 0 Å². The predicted molar refractivity (Wildman–Crippen MR) is 124 cm³/mol. The molecule has 30 heavy (non-hydrogen) atoms. The number of amides is 1. The Labute approximate surface area is 181 Å². The number of carbonyl (C=O) groups excluding carboxylic acids is 1. The highest BCUT2D eigenvalue weighted by Crippen LogP contribution is 2.36. The van der Waals surface area contributed by atoms with Gasteiger partial charge in [-0.1, -0.05) is 81.4 Å². The van der Waals surface area contributed by atoms with Gasteiger partial charge in [0.15, 0.2) is 0 Å². The number of carbonyl (C=O) groups is 1. The Morgan fingerprint density at radius 3 is 1.93 bits per heavy atom. The van der Waals surface area contributed by atoms with Crippen molar-refractivity contribution >= 4 is 24.8 Å². The van der Waals surface area contributed by atoms with Gasteiger partial charge < -0.3 is 19.6 Å².